The fourth-order valence-electron chi connectivity index (χ4n) is 4.10. The summed E-state index contributed by atoms with van der Waals surface area (Å²) in [5.41, 5.74) is 2.50. The van der Waals surface area contributed by atoms with Crippen LogP contribution in [-0.2, 0) is 11.2 Å². The van der Waals surface area contributed by atoms with Crippen LogP contribution in [0.15, 0.2) is 18.2 Å². The summed E-state index contributed by atoms with van der Waals surface area (Å²) in [5, 5.41) is 55.2. The van der Waals surface area contributed by atoms with Gasteiger partial charge < -0.3 is 35.0 Å². The standard InChI is InChI=1S/C22H29FN2O7/c1-11-6-7-13(9-16(11)23)8-15-12(2)25(14-4-3-5-14)24-21(15)32-22(30)20(29)19(28)18(27)17(10-26)31-22/h6-7,9,14,17-20,26-30H,3-5,8,10H2,1-2H3/t17-,18-,19+,20-,22-/m1/s1. The van der Waals surface area contributed by atoms with Crippen molar-refractivity contribution in [3.63, 3.8) is 0 Å². The predicted molar refractivity (Wildman–Crippen MR) is 109 cm³/mol. The Balaban J connectivity index is 1.70. The number of aliphatic hydroxyl groups is 5. The highest BCUT2D eigenvalue weighted by Gasteiger charge is 2.55. The van der Waals surface area contributed by atoms with Crippen molar-refractivity contribution in [3.8, 4) is 5.88 Å². The SMILES string of the molecule is Cc1ccc(Cc2c(O[C@]3(O)O[C@H](CO)[C@@H](O)[C@H](O)[C@H]3O)nn(C3CCC3)c2C)cc1F. The maximum Gasteiger partial charge on any atom is 0.356 e. The van der Waals surface area contributed by atoms with Gasteiger partial charge in [0.1, 0.15) is 24.1 Å². The molecule has 4 rings (SSSR count). The van der Waals surface area contributed by atoms with E-state index in [0.29, 0.717) is 16.7 Å². The summed E-state index contributed by atoms with van der Waals surface area (Å²) in [6.07, 6.45) is -3.69. The summed E-state index contributed by atoms with van der Waals surface area (Å²) in [5.74, 6) is -3.15. The van der Waals surface area contributed by atoms with Crippen LogP contribution >= 0.6 is 0 Å². The third kappa shape index (κ3) is 4.02. The minimum atomic E-state index is -2.76. The zero-order valence-electron chi connectivity index (χ0n) is 18.0. The molecule has 2 aliphatic rings. The summed E-state index contributed by atoms with van der Waals surface area (Å²) >= 11 is 0. The minimum absolute atomic E-state index is 0.0442. The number of aliphatic hydroxyl groups excluding tert-OH is 4. The van der Waals surface area contributed by atoms with E-state index < -0.39 is 37.0 Å². The molecule has 32 heavy (non-hydrogen) atoms. The average Bonchev–Trinajstić information content (AvgIpc) is 3.00. The number of aryl methyl sites for hydroxylation is 1. The van der Waals surface area contributed by atoms with E-state index in [1.54, 1.807) is 23.7 Å². The minimum Gasteiger partial charge on any atom is -0.417 e. The predicted octanol–water partition coefficient (Wildman–Crippen LogP) is 0.454. The second-order valence-corrected chi connectivity index (χ2v) is 8.66. The van der Waals surface area contributed by atoms with Crippen molar-refractivity contribution in [1.29, 1.82) is 0 Å². The molecule has 5 atom stereocenters. The second kappa shape index (κ2) is 8.69. The quantitative estimate of drug-likeness (QED) is 0.399. The molecule has 5 N–H and O–H groups in total. The van der Waals surface area contributed by atoms with Crippen LogP contribution in [-0.4, -0.2) is 72.3 Å². The normalized spacial score (nSPS) is 30.9. The summed E-state index contributed by atoms with van der Waals surface area (Å²) in [4.78, 5) is 0. The van der Waals surface area contributed by atoms with Crippen LogP contribution in [0.3, 0.4) is 0 Å². The van der Waals surface area contributed by atoms with E-state index in [4.69, 9.17) is 9.47 Å². The van der Waals surface area contributed by atoms with E-state index in [0.717, 1.165) is 25.0 Å². The van der Waals surface area contributed by atoms with Gasteiger partial charge in [-0.25, -0.2) is 4.39 Å². The maximum atomic E-state index is 14.1. The lowest BCUT2D eigenvalue weighted by molar-refractivity contribution is -0.423. The van der Waals surface area contributed by atoms with Gasteiger partial charge in [-0.2, -0.15) is 0 Å². The van der Waals surface area contributed by atoms with E-state index in [1.165, 1.54) is 6.07 Å². The van der Waals surface area contributed by atoms with E-state index in [2.05, 4.69) is 5.10 Å². The Kier molecular flexibility index (Phi) is 6.27. The number of benzene rings is 1. The molecule has 2 aromatic rings. The Labute approximate surface area is 184 Å². The Morgan fingerprint density at radius 3 is 2.53 bits per heavy atom. The molecule has 0 radical (unpaired) electrons. The van der Waals surface area contributed by atoms with Crippen molar-refractivity contribution in [2.24, 2.45) is 0 Å². The van der Waals surface area contributed by atoms with Crippen LogP contribution in [0.5, 0.6) is 5.88 Å². The first kappa shape index (κ1) is 23.1. The van der Waals surface area contributed by atoms with Gasteiger partial charge in [0.25, 0.3) is 0 Å². The van der Waals surface area contributed by atoms with Crippen LogP contribution in [0.4, 0.5) is 4.39 Å². The number of nitrogens with zero attached hydrogens (tertiary/aromatic N) is 2. The Bertz CT molecular complexity index is 977. The summed E-state index contributed by atoms with van der Waals surface area (Å²) < 4.78 is 26.7. The monoisotopic (exact) mass is 452 g/mol. The maximum absolute atomic E-state index is 14.1. The van der Waals surface area contributed by atoms with Crippen LogP contribution in [0.2, 0.25) is 0 Å². The van der Waals surface area contributed by atoms with Crippen LogP contribution < -0.4 is 4.74 Å². The largest absolute Gasteiger partial charge is 0.417 e. The van der Waals surface area contributed by atoms with E-state index in [-0.39, 0.29) is 24.2 Å². The molecule has 0 spiro atoms. The Morgan fingerprint density at radius 2 is 1.94 bits per heavy atom. The molecular formula is C22H29FN2O7. The van der Waals surface area contributed by atoms with Gasteiger partial charge in [0.2, 0.25) is 5.88 Å². The van der Waals surface area contributed by atoms with E-state index >= 15 is 0 Å². The lowest BCUT2D eigenvalue weighted by atomic mass is 9.93. The summed E-state index contributed by atoms with van der Waals surface area (Å²) in [7, 11) is 0. The lowest BCUT2D eigenvalue weighted by Gasteiger charge is -2.43. The number of rotatable bonds is 6. The topological polar surface area (TPSA) is 137 Å². The smallest absolute Gasteiger partial charge is 0.356 e. The molecule has 10 heteroatoms. The van der Waals surface area contributed by atoms with Crippen LogP contribution in [0.1, 0.15) is 47.7 Å². The number of hydrogen-bond acceptors (Lipinski definition) is 8. The first-order chi connectivity index (χ1) is 15.1. The second-order valence-electron chi connectivity index (χ2n) is 8.66. The van der Waals surface area contributed by atoms with Gasteiger partial charge in [-0.15, -0.1) is 5.10 Å². The number of halogens is 1. The van der Waals surface area contributed by atoms with Crippen molar-refractivity contribution in [1.82, 2.24) is 9.78 Å². The molecule has 9 nitrogen and oxygen atoms in total. The van der Waals surface area contributed by atoms with Crippen molar-refractivity contribution in [2.45, 2.75) is 76.0 Å². The third-order valence-electron chi connectivity index (χ3n) is 6.45. The summed E-state index contributed by atoms with van der Waals surface area (Å²) in [6.45, 7) is 2.79. The van der Waals surface area contributed by atoms with Crippen molar-refractivity contribution in [2.75, 3.05) is 6.61 Å². The van der Waals surface area contributed by atoms with Gasteiger partial charge in [-0.1, -0.05) is 12.1 Å². The van der Waals surface area contributed by atoms with Crippen molar-refractivity contribution >= 4 is 0 Å². The zero-order valence-corrected chi connectivity index (χ0v) is 18.0. The molecule has 1 aromatic carbocycles. The first-order valence-corrected chi connectivity index (χ1v) is 10.7. The average molecular weight is 452 g/mol. The molecule has 0 amide bonds. The molecule has 176 valence electrons. The van der Waals surface area contributed by atoms with E-state index in [9.17, 15) is 29.9 Å². The molecule has 1 aliphatic carbocycles. The highest BCUT2D eigenvalue weighted by molar-refractivity contribution is 5.38. The number of aromatic nitrogens is 2. The third-order valence-corrected chi connectivity index (χ3v) is 6.45. The lowest BCUT2D eigenvalue weighted by Crippen LogP contribution is -2.67. The molecule has 0 unspecified atom stereocenters. The van der Waals surface area contributed by atoms with Gasteiger partial charge in [-0.3, -0.25) is 4.68 Å². The fourth-order valence-corrected chi connectivity index (χ4v) is 4.10. The number of ether oxygens (including phenoxy) is 2. The van der Waals surface area contributed by atoms with Gasteiger partial charge in [0.05, 0.1) is 12.6 Å². The highest BCUT2D eigenvalue weighted by Crippen LogP contribution is 2.38. The Morgan fingerprint density at radius 1 is 1.22 bits per heavy atom. The summed E-state index contributed by atoms with van der Waals surface area (Å²) in [6, 6.07) is 5.03. The fraction of sp³-hybridized carbons (Fsp3) is 0.591. The molecule has 1 saturated heterocycles. The highest BCUT2D eigenvalue weighted by atomic mass is 19.1. The molecule has 0 bridgehead atoms. The van der Waals surface area contributed by atoms with Crippen molar-refractivity contribution in [3.05, 3.63) is 46.4 Å². The van der Waals surface area contributed by atoms with Gasteiger partial charge in [-0.05, 0) is 50.3 Å². The Hall–Kier alpha value is -2.08. The van der Waals surface area contributed by atoms with Gasteiger partial charge in [0.15, 0.2) is 6.10 Å². The zero-order chi connectivity index (χ0) is 23.2. The van der Waals surface area contributed by atoms with E-state index in [1.807, 2.05) is 6.92 Å². The molecular weight excluding hydrogens is 423 g/mol. The molecule has 2 heterocycles. The van der Waals surface area contributed by atoms with Gasteiger partial charge >= 0.3 is 5.97 Å². The molecule has 1 aliphatic heterocycles. The molecule has 1 aromatic heterocycles. The van der Waals surface area contributed by atoms with Crippen LogP contribution in [0.25, 0.3) is 0 Å². The number of hydrogen-bond donors (Lipinski definition) is 5. The molecule has 2 fully saturated rings. The molecule has 1 saturated carbocycles. The van der Waals surface area contributed by atoms with Crippen molar-refractivity contribution < 1.29 is 39.4 Å². The van der Waals surface area contributed by atoms with Crippen LogP contribution in [0, 0.1) is 19.7 Å². The van der Waals surface area contributed by atoms with Gasteiger partial charge in [0, 0.05) is 17.7 Å². The first-order valence-electron chi connectivity index (χ1n) is 10.7.